The van der Waals surface area contributed by atoms with Gasteiger partial charge < -0.3 is 5.32 Å². The van der Waals surface area contributed by atoms with Crippen molar-refractivity contribution in [2.75, 3.05) is 11.9 Å². The fourth-order valence-corrected chi connectivity index (χ4v) is 4.98. The smallest absolute Gasteiger partial charge is 0.325 e. The van der Waals surface area contributed by atoms with Gasteiger partial charge in [-0.1, -0.05) is 24.1 Å². The lowest BCUT2D eigenvalue weighted by Gasteiger charge is -2.33. The second-order valence-electron chi connectivity index (χ2n) is 6.65. The van der Waals surface area contributed by atoms with Gasteiger partial charge in [-0.15, -0.1) is 0 Å². The van der Waals surface area contributed by atoms with E-state index in [1.165, 1.54) is 36.4 Å². The predicted octanol–water partition coefficient (Wildman–Crippen LogP) is 4.54. The molecule has 1 aliphatic heterocycles. The summed E-state index contributed by atoms with van der Waals surface area (Å²) in [6.45, 7) is 0.144. The highest BCUT2D eigenvalue weighted by Crippen LogP contribution is 2.31. The van der Waals surface area contributed by atoms with Crippen LogP contribution in [0.4, 0.5) is 18.9 Å². The molecule has 29 heavy (non-hydrogen) atoms. The molecule has 5 nitrogen and oxygen atoms in total. The van der Waals surface area contributed by atoms with Gasteiger partial charge in [0.05, 0.1) is 10.5 Å². The summed E-state index contributed by atoms with van der Waals surface area (Å²) in [5.41, 5.74) is -0.941. The predicted molar refractivity (Wildman–Crippen MR) is 103 cm³/mol. The minimum Gasteiger partial charge on any atom is -0.325 e. The summed E-state index contributed by atoms with van der Waals surface area (Å²) in [5.74, 6) is -0.665. The van der Waals surface area contributed by atoms with Gasteiger partial charge in [0.2, 0.25) is 15.9 Å². The van der Waals surface area contributed by atoms with Crippen LogP contribution in [0.25, 0.3) is 0 Å². The van der Waals surface area contributed by atoms with Gasteiger partial charge in [-0.3, -0.25) is 4.79 Å². The maximum absolute atomic E-state index is 13.0. The molecular formula is C19H18ClF3N2O3S. The summed E-state index contributed by atoms with van der Waals surface area (Å²) in [6.07, 6.45) is -3.05. The Balaban J connectivity index is 1.84. The summed E-state index contributed by atoms with van der Waals surface area (Å²) in [6, 6.07) is 8.80. The number of rotatable bonds is 4. The second kappa shape index (κ2) is 8.33. The zero-order valence-corrected chi connectivity index (χ0v) is 16.7. The SMILES string of the molecule is O=C(Nc1cccc(C(F)(F)F)c1)C1CCCCN1S(=O)(=O)c1ccc(Cl)cc1. The molecule has 0 saturated carbocycles. The maximum Gasteiger partial charge on any atom is 0.416 e. The summed E-state index contributed by atoms with van der Waals surface area (Å²) in [7, 11) is -3.96. The Morgan fingerprint density at radius 3 is 2.45 bits per heavy atom. The molecule has 0 bridgehead atoms. The number of nitrogens with zero attached hydrogens (tertiary/aromatic N) is 1. The van der Waals surface area contributed by atoms with Gasteiger partial charge in [0, 0.05) is 17.3 Å². The molecule has 0 radical (unpaired) electrons. The minimum absolute atomic E-state index is 0.000619. The quantitative estimate of drug-likeness (QED) is 0.749. The molecule has 10 heteroatoms. The Hall–Kier alpha value is -2.10. The zero-order valence-electron chi connectivity index (χ0n) is 15.1. The Bertz CT molecular complexity index is 995. The molecular weight excluding hydrogens is 429 g/mol. The molecule has 1 fully saturated rings. The van der Waals surface area contributed by atoms with Crippen LogP contribution < -0.4 is 5.32 Å². The molecule has 1 amide bonds. The van der Waals surface area contributed by atoms with Crippen LogP contribution in [0.5, 0.6) is 0 Å². The number of amides is 1. The molecule has 1 saturated heterocycles. The number of sulfonamides is 1. The van der Waals surface area contributed by atoms with Crippen LogP contribution in [0, 0.1) is 0 Å². The number of carbonyl (C=O) groups excluding carboxylic acids is 1. The Labute approximate surface area is 171 Å². The fourth-order valence-electron chi connectivity index (χ4n) is 3.20. The van der Waals surface area contributed by atoms with Crippen LogP contribution in [0.2, 0.25) is 5.02 Å². The molecule has 1 aliphatic rings. The topological polar surface area (TPSA) is 66.5 Å². The van der Waals surface area contributed by atoms with Crippen molar-refractivity contribution in [2.45, 2.75) is 36.4 Å². The van der Waals surface area contributed by atoms with E-state index in [2.05, 4.69) is 5.32 Å². The number of piperidine rings is 1. The van der Waals surface area contributed by atoms with Crippen molar-refractivity contribution in [3.63, 3.8) is 0 Å². The van der Waals surface area contributed by atoms with Gasteiger partial charge in [0.1, 0.15) is 6.04 Å². The highest BCUT2D eigenvalue weighted by atomic mass is 35.5. The van der Waals surface area contributed by atoms with Gasteiger partial charge in [-0.2, -0.15) is 17.5 Å². The third-order valence-electron chi connectivity index (χ3n) is 4.63. The molecule has 1 atom stereocenters. The monoisotopic (exact) mass is 446 g/mol. The van der Waals surface area contributed by atoms with E-state index in [9.17, 15) is 26.4 Å². The first-order chi connectivity index (χ1) is 13.6. The summed E-state index contributed by atoms with van der Waals surface area (Å²) >= 11 is 5.81. The molecule has 2 aromatic carbocycles. The number of carbonyl (C=O) groups is 1. The number of benzene rings is 2. The second-order valence-corrected chi connectivity index (χ2v) is 8.98. The Kier molecular flexibility index (Phi) is 6.21. The van der Waals surface area contributed by atoms with Crippen molar-refractivity contribution in [1.82, 2.24) is 4.31 Å². The number of hydrogen-bond acceptors (Lipinski definition) is 3. The van der Waals surface area contributed by atoms with E-state index in [4.69, 9.17) is 11.6 Å². The molecule has 1 N–H and O–H groups in total. The molecule has 0 aromatic heterocycles. The highest BCUT2D eigenvalue weighted by Gasteiger charge is 2.38. The molecule has 1 heterocycles. The number of halogens is 4. The average Bonchev–Trinajstić information content (AvgIpc) is 2.68. The fraction of sp³-hybridized carbons (Fsp3) is 0.316. The first kappa shape index (κ1) is 21.6. The maximum atomic E-state index is 13.0. The molecule has 3 rings (SSSR count). The number of hydrogen-bond donors (Lipinski definition) is 1. The van der Waals surface area contributed by atoms with Gasteiger partial charge in [0.25, 0.3) is 0 Å². The molecule has 0 aliphatic carbocycles. The van der Waals surface area contributed by atoms with Crippen molar-refractivity contribution in [3.05, 3.63) is 59.1 Å². The summed E-state index contributed by atoms with van der Waals surface area (Å²) in [4.78, 5) is 12.8. The minimum atomic E-state index is -4.55. The van der Waals surface area contributed by atoms with E-state index in [0.717, 1.165) is 16.4 Å². The van der Waals surface area contributed by atoms with Crippen molar-refractivity contribution in [2.24, 2.45) is 0 Å². The van der Waals surface area contributed by atoms with E-state index in [1.807, 2.05) is 0 Å². The van der Waals surface area contributed by atoms with E-state index in [0.29, 0.717) is 17.9 Å². The highest BCUT2D eigenvalue weighted by molar-refractivity contribution is 7.89. The lowest BCUT2D eigenvalue weighted by Crippen LogP contribution is -2.49. The van der Waals surface area contributed by atoms with Gasteiger partial charge in [0.15, 0.2) is 0 Å². The molecule has 1 unspecified atom stereocenters. The van der Waals surface area contributed by atoms with Crippen LogP contribution in [-0.2, 0) is 21.0 Å². The molecule has 0 spiro atoms. The standard InChI is InChI=1S/C19H18ClF3N2O3S/c20-14-7-9-16(10-8-14)29(27,28)25-11-2-1-6-17(25)18(26)24-15-5-3-4-13(12-15)19(21,22)23/h3-5,7-10,12,17H,1-2,6,11H2,(H,24,26). The summed E-state index contributed by atoms with van der Waals surface area (Å²) in [5, 5.41) is 2.80. The van der Waals surface area contributed by atoms with E-state index in [1.54, 1.807) is 0 Å². The molecule has 156 valence electrons. The van der Waals surface area contributed by atoms with Crippen molar-refractivity contribution in [1.29, 1.82) is 0 Å². The van der Waals surface area contributed by atoms with Gasteiger partial charge >= 0.3 is 6.18 Å². The van der Waals surface area contributed by atoms with Crippen LogP contribution >= 0.6 is 11.6 Å². The summed E-state index contributed by atoms with van der Waals surface area (Å²) < 4.78 is 65.8. The van der Waals surface area contributed by atoms with E-state index >= 15 is 0 Å². The largest absolute Gasteiger partial charge is 0.416 e. The van der Waals surface area contributed by atoms with Crippen LogP contribution in [-0.4, -0.2) is 31.2 Å². The normalized spacial score (nSPS) is 18.4. The van der Waals surface area contributed by atoms with E-state index < -0.39 is 33.7 Å². The third kappa shape index (κ3) is 4.91. The lowest BCUT2D eigenvalue weighted by atomic mass is 10.0. The van der Waals surface area contributed by atoms with Crippen molar-refractivity contribution >= 4 is 33.2 Å². The number of alkyl halides is 3. The van der Waals surface area contributed by atoms with Crippen LogP contribution in [0.1, 0.15) is 24.8 Å². The van der Waals surface area contributed by atoms with Gasteiger partial charge in [-0.25, -0.2) is 8.42 Å². The Morgan fingerprint density at radius 2 is 1.79 bits per heavy atom. The van der Waals surface area contributed by atoms with E-state index in [-0.39, 0.29) is 23.5 Å². The van der Waals surface area contributed by atoms with Crippen LogP contribution in [0.3, 0.4) is 0 Å². The van der Waals surface area contributed by atoms with Crippen molar-refractivity contribution < 1.29 is 26.4 Å². The average molecular weight is 447 g/mol. The molecule has 2 aromatic rings. The lowest BCUT2D eigenvalue weighted by molar-refractivity contribution is -0.137. The third-order valence-corrected chi connectivity index (χ3v) is 6.81. The van der Waals surface area contributed by atoms with Crippen molar-refractivity contribution in [3.8, 4) is 0 Å². The van der Waals surface area contributed by atoms with Gasteiger partial charge in [-0.05, 0) is 55.3 Å². The number of anilines is 1. The van der Waals surface area contributed by atoms with Crippen LogP contribution in [0.15, 0.2) is 53.4 Å². The number of nitrogens with one attached hydrogen (secondary N) is 1. The Morgan fingerprint density at radius 1 is 1.10 bits per heavy atom. The first-order valence-electron chi connectivity index (χ1n) is 8.84. The first-order valence-corrected chi connectivity index (χ1v) is 10.7. The zero-order chi connectivity index (χ0) is 21.2.